The van der Waals surface area contributed by atoms with Crippen molar-refractivity contribution in [2.75, 3.05) is 5.32 Å². The van der Waals surface area contributed by atoms with Crippen LogP contribution in [0.1, 0.15) is 21.7 Å². The minimum absolute atomic E-state index is 0.271. The summed E-state index contributed by atoms with van der Waals surface area (Å²) in [6.07, 6.45) is 0. The van der Waals surface area contributed by atoms with Crippen molar-refractivity contribution >= 4 is 22.8 Å². The number of carbonyl (C=O) groups excluding carboxylic acids is 1. The molecule has 25 heavy (non-hydrogen) atoms. The van der Waals surface area contributed by atoms with Crippen LogP contribution in [0, 0.1) is 6.92 Å². The fourth-order valence-electron chi connectivity index (χ4n) is 2.60. The highest BCUT2D eigenvalue weighted by Crippen LogP contribution is 2.16. The number of carbonyl (C=O) groups is 1. The van der Waals surface area contributed by atoms with Gasteiger partial charge in [0.2, 0.25) is 0 Å². The maximum atomic E-state index is 12.3. The molecule has 0 bridgehead atoms. The molecule has 7 heteroatoms. The molecule has 2 aromatic heterocycles. The summed E-state index contributed by atoms with van der Waals surface area (Å²) in [4.78, 5) is 12.3. The van der Waals surface area contributed by atoms with Gasteiger partial charge in [-0.2, -0.15) is 0 Å². The number of aromatic nitrogens is 4. The van der Waals surface area contributed by atoms with Crippen LogP contribution in [0.15, 0.2) is 59.1 Å². The molecule has 0 atom stereocenters. The van der Waals surface area contributed by atoms with Crippen LogP contribution >= 0.6 is 0 Å². The third-order valence-electron chi connectivity index (χ3n) is 3.82. The highest BCUT2D eigenvalue weighted by atomic mass is 16.5. The first-order valence-corrected chi connectivity index (χ1v) is 7.81. The van der Waals surface area contributed by atoms with E-state index in [1.165, 1.54) is 0 Å². The van der Waals surface area contributed by atoms with Crippen molar-refractivity contribution in [2.24, 2.45) is 0 Å². The molecule has 124 valence electrons. The lowest BCUT2D eigenvalue weighted by Crippen LogP contribution is -2.12. The van der Waals surface area contributed by atoms with Gasteiger partial charge in [0.25, 0.3) is 5.91 Å². The molecule has 2 heterocycles. The Kier molecular flexibility index (Phi) is 3.74. The molecule has 7 nitrogen and oxygen atoms in total. The molecule has 2 aromatic carbocycles. The van der Waals surface area contributed by atoms with Gasteiger partial charge in [-0.05, 0) is 30.7 Å². The number of hydrogen-bond donors (Lipinski definition) is 1. The van der Waals surface area contributed by atoms with E-state index in [1.54, 1.807) is 25.1 Å². The lowest BCUT2D eigenvalue weighted by Gasteiger charge is -2.04. The van der Waals surface area contributed by atoms with Crippen LogP contribution in [0.4, 0.5) is 5.82 Å². The maximum absolute atomic E-state index is 12.3. The number of rotatable bonds is 4. The van der Waals surface area contributed by atoms with Gasteiger partial charge in [0.05, 0.1) is 12.1 Å². The molecule has 4 rings (SSSR count). The Morgan fingerprint density at radius 2 is 2.00 bits per heavy atom. The second kappa shape index (κ2) is 6.20. The van der Waals surface area contributed by atoms with Gasteiger partial charge in [0, 0.05) is 11.6 Å². The third kappa shape index (κ3) is 3.12. The van der Waals surface area contributed by atoms with E-state index in [-0.39, 0.29) is 5.91 Å². The van der Waals surface area contributed by atoms with Crippen molar-refractivity contribution in [3.8, 4) is 0 Å². The van der Waals surface area contributed by atoms with E-state index >= 15 is 0 Å². The first-order chi connectivity index (χ1) is 12.2. The highest BCUT2D eigenvalue weighted by Gasteiger charge is 2.12. The van der Waals surface area contributed by atoms with Gasteiger partial charge in [-0.15, -0.1) is 5.10 Å². The van der Waals surface area contributed by atoms with Gasteiger partial charge in [0.15, 0.2) is 5.82 Å². The average Bonchev–Trinajstić information content (AvgIpc) is 3.22. The van der Waals surface area contributed by atoms with Crippen LogP contribution < -0.4 is 5.32 Å². The van der Waals surface area contributed by atoms with E-state index in [1.807, 2.05) is 41.1 Å². The van der Waals surface area contributed by atoms with Crippen molar-refractivity contribution in [3.63, 3.8) is 0 Å². The summed E-state index contributed by atoms with van der Waals surface area (Å²) in [7, 11) is 0. The summed E-state index contributed by atoms with van der Waals surface area (Å²) in [6, 6.07) is 17.0. The molecule has 0 aliphatic heterocycles. The number of nitrogens with one attached hydrogen (secondary N) is 1. The molecular weight excluding hydrogens is 318 g/mol. The first kappa shape index (κ1) is 15.1. The van der Waals surface area contributed by atoms with Crippen molar-refractivity contribution < 1.29 is 9.32 Å². The smallest absolute Gasteiger partial charge is 0.256 e. The molecule has 0 radical (unpaired) electrons. The number of nitrogens with zero attached hydrogens (tertiary/aromatic N) is 4. The molecule has 0 saturated heterocycles. The number of anilines is 1. The van der Waals surface area contributed by atoms with Gasteiger partial charge < -0.3 is 9.84 Å². The van der Waals surface area contributed by atoms with Gasteiger partial charge in [0.1, 0.15) is 11.3 Å². The van der Waals surface area contributed by atoms with Gasteiger partial charge >= 0.3 is 0 Å². The molecule has 0 spiro atoms. The number of fused-ring (bicyclic) bond motifs is 1. The lowest BCUT2D eigenvalue weighted by molar-refractivity contribution is 0.102. The van der Waals surface area contributed by atoms with Crippen molar-refractivity contribution in [3.05, 3.63) is 71.5 Å². The number of amides is 1. The standard InChI is InChI=1S/C18H15N5O2/c1-12-9-17(21-25-12)19-18(24)14-7-8-16-15(10-14)20-22-23(16)11-13-5-3-2-4-6-13/h2-10H,11H2,1H3,(H,19,21,24). The van der Waals surface area contributed by atoms with Crippen molar-refractivity contribution in [2.45, 2.75) is 13.5 Å². The molecule has 0 aliphatic carbocycles. The molecule has 1 N–H and O–H groups in total. The summed E-state index contributed by atoms with van der Waals surface area (Å²) in [5, 5.41) is 14.8. The van der Waals surface area contributed by atoms with E-state index in [0.29, 0.717) is 29.2 Å². The molecule has 0 unspecified atom stereocenters. The first-order valence-electron chi connectivity index (χ1n) is 7.81. The Labute approximate surface area is 143 Å². The summed E-state index contributed by atoms with van der Waals surface area (Å²) in [5.41, 5.74) is 3.16. The minimum Gasteiger partial charge on any atom is -0.360 e. The predicted molar refractivity (Wildman–Crippen MR) is 92.3 cm³/mol. The predicted octanol–water partition coefficient (Wildman–Crippen LogP) is 3.03. The molecule has 0 fully saturated rings. The van der Waals surface area contributed by atoms with E-state index < -0.39 is 0 Å². The zero-order valence-electron chi connectivity index (χ0n) is 13.5. The lowest BCUT2D eigenvalue weighted by atomic mass is 10.1. The minimum atomic E-state index is -0.271. The second-order valence-electron chi connectivity index (χ2n) is 5.71. The van der Waals surface area contributed by atoms with Crippen LogP contribution in [-0.4, -0.2) is 26.1 Å². The number of benzene rings is 2. The van der Waals surface area contributed by atoms with Crippen LogP contribution in [0.2, 0.25) is 0 Å². The van der Waals surface area contributed by atoms with Crippen molar-refractivity contribution in [1.29, 1.82) is 0 Å². The Balaban J connectivity index is 1.57. The Hall–Kier alpha value is -3.48. The fraction of sp³-hybridized carbons (Fsp3) is 0.111. The topological polar surface area (TPSA) is 85.8 Å². The van der Waals surface area contributed by atoms with Crippen LogP contribution in [0.3, 0.4) is 0 Å². The van der Waals surface area contributed by atoms with Gasteiger partial charge in [-0.1, -0.05) is 40.7 Å². The van der Waals surface area contributed by atoms with E-state index in [2.05, 4.69) is 20.8 Å². The number of hydrogen-bond acceptors (Lipinski definition) is 5. The number of aryl methyl sites for hydroxylation is 1. The SMILES string of the molecule is Cc1cc(NC(=O)c2ccc3c(c2)nnn3Cc2ccccc2)no1. The normalized spacial score (nSPS) is 10.9. The van der Waals surface area contributed by atoms with Crippen LogP contribution in [-0.2, 0) is 6.54 Å². The Bertz CT molecular complexity index is 1040. The second-order valence-corrected chi connectivity index (χ2v) is 5.71. The Morgan fingerprint density at radius 3 is 2.76 bits per heavy atom. The van der Waals surface area contributed by atoms with Crippen LogP contribution in [0.5, 0.6) is 0 Å². The zero-order valence-corrected chi connectivity index (χ0v) is 13.5. The molecular formula is C18H15N5O2. The van der Waals surface area contributed by atoms with Crippen LogP contribution in [0.25, 0.3) is 11.0 Å². The monoisotopic (exact) mass is 333 g/mol. The van der Waals surface area contributed by atoms with Gasteiger partial charge in [-0.25, -0.2) is 4.68 Å². The van der Waals surface area contributed by atoms with E-state index in [4.69, 9.17) is 4.52 Å². The van der Waals surface area contributed by atoms with E-state index in [0.717, 1.165) is 11.1 Å². The van der Waals surface area contributed by atoms with Crippen molar-refractivity contribution in [1.82, 2.24) is 20.2 Å². The molecule has 1 amide bonds. The quantitative estimate of drug-likeness (QED) is 0.620. The third-order valence-corrected chi connectivity index (χ3v) is 3.82. The molecule has 4 aromatic rings. The summed E-state index contributed by atoms with van der Waals surface area (Å²) >= 11 is 0. The largest absolute Gasteiger partial charge is 0.360 e. The average molecular weight is 333 g/mol. The fourth-order valence-corrected chi connectivity index (χ4v) is 2.60. The summed E-state index contributed by atoms with van der Waals surface area (Å²) in [5.74, 6) is 0.748. The summed E-state index contributed by atoms with van der Waals surface area (Å²) in [6.45, 7) is 2.39. The maximum Gasteiger partial charge on any atom is 0.256 e. The van der Waals surface area contributed by atoms with E-state index in [9.17, 15) is 4.79 Å². The van der Waals surface area contributed by atoms with Gasteiger partial charge in [-0.3, -0.25) is 4.79 Å². The highest BCUT2D eigenvalue weighted by molar-refractivity contribution is 6.05. The molecule has 0 aliphatic rings. The summed E-state index contributed by atoms with van der Waals surface area (Å²) < 4.78 is 6.75. The molecule has 0 saturated carbocycles. The zero-order chi connectivity index (χ0) is 17.2. The Morgan fingerprint density at radius 1 is 1.16 bits per heavy atom.